The van der Waals surface area contributed by atoms with Crippen molar-refractivity contribution >= 4 is 52.6 Å². The lowest BCUT2D eigenvalue weighted by atomic mass is 10.0. The van der Waals surface area contributed by atoms with Gasteiger partial charge in [-0.15, -0.1) is 11.3 Å². The van der Waals surface area contributed by atoms with Gasteiger partial charge in [0, 0.05) is 5.56 Å². The summed E-state index contributed by atoms with van der Waals surface area (Å²) in [4.78, 5) is 39.8. The molecule has 27 heavy (non-hydrogen) atoms. The monoisotopic (exact) mass is 407 g/mol. The Kier molecular flexibility index (Phi) is 5.43. The molecule has 2 N–H and O–H groups in total. The van der Waals surface area contributed by atoms with Crippen LogP contribution >= 0.6 is 22.9 Å². The Bertz CT molecular complexity index is 975. The van der Waals surface area contributed by atoms with Gasteiger partial charge in [0.1, 0.15) is 10.9 Å². The zero-order chi connectivity index (χ0) is 19.6. The lowest BCUT2D eigenvalue weighted by Gasteiger charge is -2.04. The van der Waals surface area contributed by atoms with Crippen molar-refractivity contribution in [3.05, 3.63) is 49.9 Å². The molecule has 3 rings (SSSR count). The highest BCUT2D eigenvalue weighted by Crippen LogP contribution is 2.29. The van der Waals surface area contributed by atoms with E-state index in [1.807, 2.05) is 17.5 Å². The molecule has 3 heterocycles. The number of carbonyl (C=O) groups excluding carboxylic acids is 3. The van der Waals surface area contributed by atoms with Crippen molar-refractivity contribution in [1.82, 2.24) is 10.4 Å². The molecule has 1 amide bonds. The molecule has 10 heteroatoms. The second kappa shape index (κ2) is 7.77. The summed E-state index contributed by atoms with van der Waals surface area (Å²) in [6.07, 6.45) is 1.23. The summed E-state index contributed by atoms with van der Waals surface area (Å²) in [5.41, 5.74) is 3.64. The number of hydrogen-bond acceptors (Lipinski definition) is 7. The molecule has 1 aliphatic rings. The number of nitrogens with one attached hydrogen (secondary N) is 2. The molecule has 0 saturated carbocycles. The van der Waals surface area contributed by atoms with Crippen LogP contribution in [0.5, 0.6) is 0 Å². The number of nitrogens with zero attached hydrogens (tertiary/aromatic N) is 1. The Labute approximate surface area is 162 Å². The molecule has 2 aromatic rings. The summed E-state index contributed by atoms with van der Waals surface area (Å²) < 4.78 is 9.45. The lowest BCUT2D eigenvalue weighted by Crippen LogP contribution is -2.14. The van der Waals surface area contributed by atoms with Gasteiger partial charge in [0.15, 0.2) is 0 Å². The van der Waals surface area contributed by atoms with Gasteiger partial charge in [-0.1, -0.05) is 17.7 Å². The Morgan fingerprint density at radius 2 is 2.11 bits per heavy atom. The number of hydrazone groups is 1. The van der Waals surface area contributed by atoms with E-state index in [0.29, 0.717) is 5.71 Å². The van der Waals surface area contributed by atoms with Crippen LogP contribution < -0.4 is 5.43 Å². The summed E-state index contributed by atoms with van der Waals surface area (Å²) in [6, 6.07) is 3.66. The number of halogens is 1. The minimum atomic E-state index is -0.697. The Morgan fingerprint density at radius 1 is 1.33 bits per heavy atom. The zero-order valence-electron chi connectivity index (χ0n) is 14.3. The minimum Gasteiger partial charge on any atom is -0.469 e. The van der Waals surface area contributed by atoms with E-state index in [1.54, 1.807) is 0 Å². The molecule has 0 atom stereocenters. The summed E-state index contributed by atoms with van der Waals surface area (Å²) in [5.74, 6) is -1.69. The van der Waals surface area contributed by atoms with Crippen LogP contribution in [0.1, 0.15) is 26.5 Å². The molecule has 1 aliphatic heterocycles. The van der Waals surface area contributed by atoms with Crippen molar-refractivity contribution in [2.45, 2.75) is 6.42 Å². The van der Waals surface area contributed by atoms with E-state index in [0.717, 1.165) is 4.88 Å². The topological polar surface area (TPSA) is 110 Å². The fourth-order valence-electron chi connectivity index (χ4n) is 2.57. The molecule has 0 bridgehead atoms. The average molecular weight is 408 g/mol. The molecule has 0 aromatic carbocycles. The van der Waals surface area contributed by atoms with Gasteiger partial charge in [0.05, 0.1) is 42.3 Å². The van der Waals surface area contributed by atoms with Crippen LogP contribution in [0.3, 0.4) is 0 Å². The van der Waals surface area contributed by atoms with Gasteiger partial charge in [-0.2, -0.15) is 5.10 Å². The highest BCUT2D eigenvalue weighted by Gasteiger charge is 2.29. The maximum atomic E-state index is 12.3. The number of aromatic amines is 1. The van der Waals surface area contributed by atoms with Crippen molar-refractivity contribution in [3.63, 3.8) is 0 Å². The molecular formula is C17H14ClN3O5S. The number of carbonyl (C=O) groups is 3. The van der Waals surface area contributed by atoms with Crippen LogP contribution in [0.15, 0.2) is 28.2 Å². The van der Waals surface area contributed by atoms with E-state index in [2.05, 4.69) is 20.2 Å². The summed E-state index contributed by atoms with van der Waals surface area (Å²) in [7, 11) is 2.44. The summed E-state index contributed by atoms with van der Waals surface area (Å²) in [6.45, 7) is 0. The molecule has 0 saturated heterocycles. The predicted octanol–water partition coefficient (Wildman–Crippen LogP) is 2.15. The number of aromatic nitrogens is 1. The maximum absolute atomic E-state index is 12.3. The number of esters is 2. The number of ether oxygens (including phenoxy) is 2. The largest absolute Gasteiger partial charge is 0.469 e. The quantitative estimate of drug-likeness (QED) is 0.583. The second-order valence-electron chi connectivity index (χ2n) is 5.39. The number of thiophene rings is 1. The molecule has 140 valence electrons. The minimum absolute atomic E-state index is 0.0608. The first-order valence-electron chi connectivity index (χ1n) is 7.65. The Hall–Kier alpha value is -2.91. The smallest absolute Gasteiger partial charge is 0.340 e. The third kappa shape index (κ3) is 3.64. The predicted molar refractivity (Wildman–Crippen MR) is 99.8 cm³/mol. The van der Waals surface area contributed by atoms with Crippen LogP contribution in [-0.4, -0.2) is 42.8 Å². The Morgan fingerprint density at radius 3 is 2.74 bits per heavy atom. The second-order valence-corrected chi connectivity index (χ2v) is 6.71. The van der Waals surface area contributed by atoms with Gasteiger partial charge in [-0.05, 0) is 17.5 Å². The van der Waals surface area contributed by atoms with E-state index in [4.69, 9.17) is 16.3 Å². The van der Waals surface area contributed by atoms with E-state index < -0.39 is 17.8 Å². The molecule has 0 fully saturated rings. The number of hydrogen-bond donors (Lipinski definition) is 2. The maximum Gasteiger partial charge on any atom is 0.340 e. The number of amides is 1. The van der Waals surface area contributed by atoms with Crippen LogP contribution in [0.2, 0.25) is 5.15 Å². The SMILES string of the molecule is COC(=O)Cc1c(Cl)[nH]c(/C=C2/C(=O)NN=C2c2cccs2)c1C(=O)OC. The molecular weight excluding hydrogens is 394 g/mol. The van der Waals surface area contributed by atoms with Gasteiger partial charge in [-0.25, -0.2) is 10.2 Å². The van der Waals surface area contributed by atoms with Gasteiger partial charge in [0.25, 0.3) is 5.91 Å². The van der Waals surface area contributed by atoms with Crippen molar-refractivity contribution in [2.75, 3.05) is 14.2 Å². The lowest BCUT2D eigenvalue weighted by molar-refractivity contribution is -0.139. The van der Waals surface area contributed by atoms with Gasteiger partial charge in [0.2, 0.25) is 0 Å². The van der Waals surface area contributed by atoms with Crippen LogP contribution in [-0.2, 0) is 25.5 Å². The molecule has 2 aromatic heterocycles. The van der Waals surface area contributed by atoms with E-state index >= 15 is 0 Å². The first kappa shape index (κ1) is 18.9. The van der Waals surface area contributed by atoms with Crippen LogP contribution in [0.4, 0.5) is 0 Å². The number of H-pyrrole nitrogens is 1. The molecule has 8 nitrogen and oxygen atoms in total. The highest BCUT2D eigenvalue weighted by molar-refractivity contribution is 7.12. The van der Waals surface area contributed by atoms with Crippen molar-refractivity contribution in [3.8, 4) is 0 Å². The number of rotatable bonds is 5. The van der Waals surface area contributed by atoms with E-state index in [1.165, 1.54) is 31.6 Å². The molecule has 0 spiro atoms. The van der Waals surface area contributed by atoms with Crippen molar-refractivity contribution in [1.29, 1.82) is 0 Å². The third-order valence-electron chi connectivity index (χ3n) is 3.83. The van der Waals surface area contributed by atoms with Gasteiger partial charge < -0.3 is 14.5 Å². The summed E-state index contributed by atoms with van der Waals surface area (Å²) in [5, 5.41) is 5.99. The standard InChI is InChI=1S/C17H14ClN3O5S/c1-25-12(22)7-8-13(17(24)26-2)10(19-15(8)18)6-9-14(20-21-16(9)23)11-4-3-5-27-11/h3-6,19H,7H2,1-2H3,(H,21,23)/b9-6+. The third-order valence-corrected chi connectivity index (χ3v) is 5.03. The average Bonchev–Trinajstić information content (AvgIpc) is 3.36. The fourth-order valence-corrected chi connectivity index (χ4v) is 3.56. The van der Waals surface area contributed by atoms with E-state index in [-0.39, 0.29) is 34.0 Å². The van der Waals surface area contributed by atoms with Crippen LogP contribution in [0.25, 0.3) is 6.08 Å². The highest BCUT2D eigenvalue weighted by atomic mass is 35.5. The molecule has 0 unspecified atom stereocenters. The fraction of sp³-hybridized carbons (Fsp3) is 0.176. The van der Waals surface area contributed by atoms with Crippen molar-refractivity contribution in [2.24, 2.45) is 5.10 Å². The zero-order valence-corrected chi connectivity index (χ0v) is 15.9. The first-order chi connectivity index (χ1) is 13.0. The van der Waals surface area contributed by atoms with Crippen molar-refractivity contribution < 1.29 is 23.9 Å². The van der Waals surface area contributed by atoms with Crippen LogP contribution in [0, 0.1) is 0 Å². The van der Waals surface area contributed by atoms with E-state index in [9.17, 15) is 14.4 Å². The molecule has 0 radical (unpaired) electrons. The normalized spacial score (nSPS) is 14.9. The number of methoxy groups -OCH3 is 2. The molecule has 0 aliphatic carbocycles. The Balaban J connectivity index is 2.11. The van der Waals surface area contributed by atoms with Gasteiger partial charge >= 0.3 is 11.9 Å². The first-order valence-corrected chi connectivity index (χ1v) is 8.91. The summed E-state index contributed by atoms with van der Waals surface area (Å²) >= 11 is 7.60. The van der Waals surface area contributed by atoms with Gasteiger partial charge in [-0.3, -0.25) is 9.59 Å².